The van der Waals surface area contributed by atoms with Crippen LogP contribution in [0.2, 0.25) is 0 Å². The minimum absolute atomic E-state index is 0.238. The van der Waals surface area contributed by atoms with Gasteiger partial charge in [-0.25, -0.2) is 4.79 Å². The second-order valence-corrected chi connectivity index (χ2v) is 4.95. The maximum absolute atomic E-state index is 10.6. The third kappa shape index (κ3) is 3.54. The molecule has 0 heterocycles. The fourth-order valence-corrected chi connectivity index (χ4v) is 1.57. The van der Waals surface area contributed by atoms with Crippen LogP contribution in [-0.2, 0) is 9.13 Å². The van der Waals surface area contributed by atoms with Gasteiger partial charge in [-0.1, -0.05) is 59.6 Å². The predicted octanol–water partition coefficient (Wildman–Crippen LogP) is 3.74. The van der Waals surface area contributed by atoms with Crippen molar-refractivity contribution in [3.63, 3.8) is 0 Å². The molecule has 4 heteroatoms. The van der Waals surface area contributed by atoms with E-state index in [0.717, 1.165) is 5.56 Å². The number of halogens is 2. The van der Waals surface area contributed by atoms with Gasteiger partial charge in [-0.05, 0) is 12.5 Å². The van der Waals surface area contributed by atoms with Gasteiger partial charge < -0.3 is 5.11 Å². The molecule has 0 aliphatic heterocycles. The van der Waals surface area contributed by atoms with Crippen molar-refractivity contribution in [3.8, 4) is 0 Å². The normalized spacial score (nSPS) is 12.6. The molecule has 0 saturated heterocycles. The van der Waals surface area contributed by atoms with Crippen LogP contribution in [0.1, 0.15) is 18.9 Å². The second-order valence-electron chi connectivity index (χ2n) is 3.47. The van der Waals surface area contributed by atoms with Crippen molar-refractivity contribution in [2.24, 2.45) is 0 Å². The summed E-state index contributed by atoms with van der Waals surface area (Å²) in [4.78, 5) is 10.6. The van der Waals surface area contributed by atoms with Crippen LogP contribution in [0.15, 0.2) is 42.0 Å². The molecule has 0 aromatic heterocycles. The van der Waals surface area contributed by atoms with Gasteiger partial charge in [-0.3, -0.25) is 0 Å². The molecule has 0 spiro atoms. The lowest BCUT2D eigenvalue weighted by Crippen LogP contribution is -2.09. The molecule has 16 heavy (non-hydrogen) atoms. The fourth-order valence-electron chi connectivity index (χ4n) is 1.17. The van der Waals surface area contributed by atoms with Crippen molar-refractivity contribution in [2.75, 3.05) is 0 Å². The largest absolute Gasteiger partial charge is 0.478 e. The van der Waals surface area contributed by atoms with Gasteiger partial charge in [-0.15, -0.1) is 0 Å². The molecule has 1 aromatic rings. The Morgan fingerprint density at radius 2 is 1.94 bits per heavy atom. The first-order valence-electron chi connectivity index (χ1n) is 4.77. The van der Waals surface area contributed by atoms with Crippen molar-refractivity contribution in [1.29, 1.82) is 0 Å². The average molecular weight is 259 g/mol. The number of hydrogen-bond acceptors (Lipinski definition) is 1. The first-order chi connectivity index (χ1) is 7.43. The van der Waals surface area contributed by atoms with E-state index in [-0.39, 0.29) is 12.0 Å². The highest BCUT2D eigenvalue weighted by atomic mass is 35.5. The summed E-state index contributed by atoms with van der Waals surface area (Å²) in [5.41, 5.74) is 0.995. The SMILES string of the molecule is CC(=CCC(Cl)(Cl)c1ccccc1)C(=O)O. The minimum atomic E-state index is -1.09. The van der Waals surface area contributed by atoms with E-state index in [9.17, 15) is 4.79 Å². The monoisotopic (exact) mass is 258 g/mol. The zero-order valence-electron chi connectivity index (χ0n) is 8.78. The first-order valence-corrected chi connectivity index (χ1v) is 5.52. The zero-order chi connectivity index (χ0) is 12.2. The smallest absolute Gasteiger partial charge is 0.330 e. The van der Waals surface area contributed by atoms with Crippen molar-refractivity contribution < 1.29 is 9.90 Å². The Labute approximate surface area is 104 Å². The maximum atomic E-state index is 10.6. The van der Waals surface area contributed by atoms with Gasteiger partial charge >= 0.3 is 5.97 Å². The summed E-state index contributed by atoms with van der Waals surface area (Å²) in [6, 6.07) is 9.16. The van der Waals surface area contributed by atoms with Crippen LogP contribution in [0.4, 0.5) is 0 Å². The van der Waals surface area contributed by atoms with Crippen molar-refractivity contribution in [1.82, 2.24) is 0 Å². The number of carbonyl (C=O) groups is 1. The standard InChI is InChI=1S/C12H12Cl2O2/c1-9(11(15)16)7-8-12(13,14)10-5-3-2-4-6-10/h2-7H,8H2,1H3,(H,15,16). The number of benzene rings is 1. The summed E-state index contributed by atoms with van der Waals surface area (Å²) >= 11 is 12.3. The molecule has 1 N–H and O–H groups in total. The van der Waals surface area contributed by atoms with Crippen LogP contribution in [0.5, 0.6) is 0 Å². The van der Waals surface area contributed by atoms with Crippen LogP contribution < -0.4 is 0 Å². The summed E-state index contributed by atoms with van der Waals surface area (Å²) in [7, 11) is 0. The van der Waals surface area contributed by atoms with Gasteiger partial charge in [0.1, 0.15) is 4.33 Å². The zero-order valence-corrected chi connectivity index (χ0v) is 10.3. The quantitative estimate of drug-likeness (QED) is 0.660. The molecule has 0 unspecified atom stereocenters. The first kappa shape index (κ1) is 13.1. The van der Waals surface area contributed by atoms with Crippen LogP contribution in [0, 0.1) is 0 Å². The van der Waals surface area contributed by atoms with Gasteiger partial charge in [0, 0.05) is 12.0 Å². The second kappa shape index (κ2) is 5.37. The van der Waals surface area contributed by atoms with Crippen LogP contribution in [0.3, 0.4) is 0 Å². The summed E-state index contributed by atoms with van der Waals surface area (Å²) < 4.78 is -1.09. The summed E-state index contributed by atoms with van der Waals surface area (Å²) in [6.45, 7) is 1.51. The highest BCUT2D eigenvalue weighted by Gasteiger charge is 2.25. The third-order valence-electron chi connectivity index (χ3n) is 2.20. The molecule has 2 nitrogen and oxygen atoms in total. The molecule has 0 saturated carbocycles. The van der Waals surface area contributed by atoms with Crippen LogP contribution >= 0.6 is 23.2 Å². The Bertz CT molecular complexity index is 397. The number of allylic oxidation sites excluding steroid dienone is 1. The molecule has 0 amide bonds. The van der Waals surface area contributed by atoms with E-state index >= 15 is 0 Å². The Hall–Kier alpha value is -0.990. The molecule has 1 rings (SSSR count). The van der Waals surface area contributed by atoms with E-state index in [1.54, 1.807) is 0 Å². The molecule has 86 valence electrons. The minimum Gasteiger partial charge on any atom is -0.478 e. The Kier molecular flexibility index (Phi) is 4.39. The molecule has 0 atom stereocenters. The molecular formula is C12H12Cl2O2. The molecule has 1 aromatic carbocycles. The number of rotatable bonds is 4. The van der Waals surface area contributed by atoms with E-state index in [0.29, 0.717) is 0 Å². The molecule has 0 bridgehead atoms. The van der Waals surface area contributed by atoms with Crippen molar-refractivity contribution in [2.45, 2.75) is 17.7 Å². The van der Waals surface area contributed by atoms with E-state index in [2.05, 4.69) is 0 Å². The molecule has 0 fully saturated rings. The summed E-state index contributed by atoms with van der Waals surface area (Å²) in [5.74, 6) is -0.961. The third-order valence-corrected chi connectivity index (χ3v) is 2.94. The molecule has 0 radical (unpaired) electrons. The van der Waals surface area contributed by atoms with E-state index < -0.39 is 10.3 Å². The van der Waals surface area contributed by atoms with Gasteiger partial charge in [0.2, 0.25) is 0 Å². The van der Waals surface area contributed by atoms with Crippen LogP contribution in [0.25, 0.3) is 0 Å². The Morgan fingerprint density at radius 3 is 2.44 bits per heavy atom. The topological polar surface area (TPSA) is 37.3 Å². The lowest BCUT2D eigenvalue weighted by atomic mass is 10.1. The lowest BCUT2D eigenvalue weighted by Gasteiger charge is -2.18. The fraction of sp³-hybridized carbons (Fsp3) is 0.250. The highest BCUT2D eigenvalue weighted by molar-refractivity contribution is 6.48. The number of alkyl halides is 2. The summed E-state index contributed by atoms with van der Waals surface area (Å²) in [5, 5.41) is 8.69. The lowest BCUT2D eigenvalue weighted by molar-refractivity contribution is -0.132. The van der Waals surface area contributed by atoms with Crippen LogP contribution in [-0.4, -0.2) is 11.1 Å². The Morgan fingerprint density at radius 1 is 1.38 bits per heavy atom. The van der Waals surface area contributed by atoms with Gasteiger partial charge in [-0.2, -0.15) is 0 Å². The van der Waals surface area contributed by atoms with E-state index in [4.69, 9.17) is 28.3 Å². The van der Waals surface area contributed by atoms with E-state index in [1.807, 2.05) is 30.3 Å². The highest BCUT2D eigenvalue weighted by Crippen LogP contribution is 2.37. The molecule has 0 aliphatic carbocycles. The van der Waals surface area contributed by atoms with Crippen molar-refractivity contribution in [3.05, 3.63) is 47.5 Å². The summed E-state index contributed by atoms with van der Waals surface area (Å²) in [6.07, 6.45) is 1.79. The number of carboxylic acids is 1. The van der Waals surface area contributed by atoms with Gasteiger partial charge in [0.15, 0.2) is 0 Å². The van der Waals surface area contributed by atoms with Gasteiger partial charge in [0.05, 0.1) is 0 Å². The number of carboxylic acid groups (broad SMARTS) is 1. The van der Waals surface area contributed by atoms with Crippen molar-refractivity contribution >= 4 is 29.2 Å². The Balaban J connectivity index is 2.81. The van der Waals surface area contributed by atoms with E-state index in [1.165, 1.54) is 13.0 Å². The maximum Gasteiger partial charge on any atom is 0.330 e. The molecular weight excluding hydrogens is 247 g/mol. The number of aliphatic carboxylic acids is 1. The van der Waals surface area contributed by atoms with Gasteiger partial charge in [0.25, 0.3) is 0 Å². The average Bonchev–Trinajstić information content (AvgIpc) is 2.27. The number of hydrogen-bond donors (Lipinski definition) is 1. The predicted molar refractivity (Wildman–Crippen MR) is 65.8 cm³/mol. The molecule has 0 aliphatic rings.